The molecule has 0 aliphatic rings. The molecule has 0 fully saturated rings. The third-order valence-corrected chi connectivity index (χ3v) is 5.14. The quantitative estimate of drug-likeness (QED) is 0.352. The number of benzene rings is 4. The fourth-order valence-electron chi connectivity index (χ4n) is 3.46. The topological polar surface area (TPSA) is 33.3 Å². The summed E-state index contributed by atoms with van der Waals surface area (Å²) in [7, 11) is 1.68. The molecule has 150 valence electrons. The summed E-state index contributed by atoms with van der Waals surface area (Å²) in [6.45, 7) is 0.765. The molecule has 30 heavy (non-hydrogen) atoms. The van der Waals surface area contributed by atoms with E-state index in [1.54, 1.807) is 7.11 Å². The zero-order valence-corrected chi connectivity index (χ0v) is 17.1. The molecule has 0 aliphatic heterocycles. The fraction of sp³-hybridized carbons (Fsp3) is 0.111. The summed E-state index contributed by atoms with van der Waals surface area (Å²) in [4.78, 5) is 0. The predicted octanol–water partition coefficient (Wildman–Crippen LogP) is 6.63. The van der Waals surface area contributed by atoms with Gasteiger partial charge >= 0.3 is 0 Å². The molecule has 0 aromatic heterocycles. The SMILES string of the molecule is COc1ccc(NC(CNc2ccccc2)c2ccc(-c3ccccc3)cc2)cc1. The number of rotatable bonds is 8. The zero-order chi connectivity index (χ0) is 20.6. The molecule has 2 N–H and O–H groups in total. The number of para-hydroxylation sites is 1. The molecule has 0 radical (unpaired) electrons. The minimum absolute atomic E-state index is 0.114. The molecule has 1 atom stereocenters. The van der Waals surface area contributed by atoms with Crippen LogP contribution in [-0.2, 0) is 0 Å². The third kappa shape index (κ3) is 5.00. The van der Waals surface area contributed by atoms with Crippen molar-refractivity contribution in [3.63, 3.8) is 0 Å². The molecule has 3 nitrogen and oxygen atoms in total. The van der Waals surface area contributed by atoms with Crippen LogP contribution in [0.1, 0.15) is 11.6 Å². The van der Waals surface area contributed by atoms with E-state index in [0.717, 1.165) is 23.7 Å². The first kappa shape index (κ1) is 19.6. The van der Waals surface area contributed by atoms with Crippen molar-refractivity contribution in [3.8, 4) is 16.9 Å². The Balaban J connectivity index is 1.55. The average Bonchev–Trinajstić information content (AvgIpc) is 2.83. The summed E-state index contributed by atoms with van der Waals surface area (Å²) in [6, 6.07) is 37.7. The van der Waals surface area contributed by atoms with Crippen molar-refractivity contribution >= 4 is 11.4 Å². The van der Waals surface area contributed by atoms with Crippen LogP contribution < -0.4 is 15.4 Å². The first-order valence-electron chi connectivity index (χ1n) is 10.2. The van der Waals surface area contributed by atoms with Crippen LogP contribution in [0, 0.1) is 0 Å². The van der Waals surface area contributed by atoms with E-state index in [2.05, 4.69) is 71.3 Å². The van der Waals surface area contributed by atoms with E-state index in [4.69, 9.17) is 4.74 Å². The second-order valence-corrected chi connectivity index (χ2v) is 7.16. The maximum Gasteiger partial charge on any atom is 0.119 e. The van der Waals surface area contributed by atoms with E-state index >= 15 is 0 Å². The number of nitrogens with one attached hydrogen (secondary N) is 2. The second kappa shape index (κ2) is 9.66. The maximum absolute atomic E-state index is 5.28. The van der Waals surface area contributed by atoms with Gasteiger partial charge in [-0.3, -0.25) is 0 Å². The van der Waals surface area contributed by atoms with Crippen LogP contribution in [0.15, 0.2) is 109 Å². The van der Waals surface area contributed by atoms with Crippen LogP contribution >= 0.6 is 0 Å². The van der Waals surface area contributed by atoms with Gasteiger partial charge in [0.2, 0.25) is 0 Å². The minimum Gasteiger partial charge on any atom is -0.497 e. The van der Waals surface area contributed by atoms with Crippen molar-refractivity contribution in [2.75, 3.05) is 24.3 Å². The van der Waals surface area contributed by atoms with E-state index < -0.39 is 0 Å². The Labute approximate surface area is 178 Å². The standard InChI is InChI=1S/C27H26N2O/c1-30-26-18-16-25(17-19-26)29-27(20-28-24-10-6-3-7-11-24)23-14-12-22(13-15-23)21-8-4-2-5-9-21/h2-19,27-29H,20H2,1H3. The minimum atomic E-state index is 0.114. The van der Waals surface area contributed by atoms with Crippen molar-refractivity contribution in [1.82, 2.24) is 0 Å². The Morgan fingerprint density at radius 3 is 1.87 bits per heavy atom. The Morgan fingerprint density at radius 1 is 0.633 bits per heavy atom. The second-order valence-electron chi connectivity index (χ2n) is 7.16. The van der Waals surface area contributed by atoms with Gasteiger partial charge in [-0.15, -0.1) is 0 Å². The lowest BCUT2D eigenvalue weighted by Gasteiger charge is -2.22. The highest BCUT2D eigenvalue weighted by molar-refractivity contribution is 5.64. The highest BCUT2D eigenvalue weighted by atomic mass is 16.5. The summed E-state index contributed by atoms with van der Waals surface area (Å²) in [5.41, 5.74) is 5.85. The number of hydrogen-bond acceptors (Lipinski definition) is 3. The zero-order valence-electron chi connectivity index (χ0n) is 17.1. The van der Waals surface area contributed by atoms with Crippen LogP contribution in [0.5, 0.6) is 5.75 Å². The molecule has 0 spiro atoms. The largest absolute Gasteiger partial charge is 0.497 e. The van der Waals surface area contributed by atoms with E-state index in [0.29, 0.717) is 0 Å². The van der Waals surface area contributed by atoms with Crippen molar-refractivity contribution in [1.29, 1.82) is 0 Å². The summed E-state index contributed by atoms with van der Waals surface area (Å²) in [5.74, 6) is 0.853. The fourth-order valence-corrected chi connectivity index (χ4v) is 3.46. The van der Waals surface area contributed by atoms with Crippen LogP contribution in [0.25, 0.3) is 11.1 Å². The summed E-state index contributed by atoms with van der Waals surface area (Å²) in [6.07, 6.45) is 0. The molecule has 4 aromatic carbocycles. The van der Waals surface area contributed by atoms with Crippen LogP contribution in [0.4, 0.5) is 11.4 Å². The molecule has 3 heteroatoms. The normalized spacial score (nSPS) is 11.5. The lowest BCUT2D eigenvalue weighted by molar-refractivity contribution is 0.415. The van der Waals surface area contributed by atoms with Gasteiger partial charge in [-0.1, -0.05) is 72.8 Å². The highest BCUT2D eigenvalue weighted by Crippen LogP contribution is 2.26. The van der Waals surface area contributed by atoms with Crippen molar-refractivity contribution in [2.45, 2.75) is 6.04 Å². The highest BCUT2D eigenvalue weighted by Gasteiger charge is 2.12. The number of ether oxygens (including phenoxy) is 1. The van der Waals surface area contributed by atoms with Gasteiger partial charge in [0.25, 0.3) is 0 Å². The lowest BCUT2D eigenvalue weighted by atomic mass is 10.0. The maximum atomic E-state index is 5.28. The number of anilines is 2. The van der Waals surface area contributed by atoms with E-state index in [1.165, 1.54) is 16.7 Å². The van der Waals surface area contributed by atoms with Crippen molar-refractivity contribution in [3.05, 3.63) is 115 Å². The molecule has 0 aliphatic carbocycles. The molecular weight excluding hydrogens is 368 g/mol. The molecule has 0 amide bonds. The van der Waals surface area contributed by atoms with Crippen molar-refractivity contribution < 1.29 is 4.74 Å². The molecule has 0 heterocycles. The van der Waals surface area contributed by atoms with Gasteiger partial charge in [-0.2, -0.15) is 0 Å². The van der Waals surface area contributed by atoms with E-state index in [9.17, 15) is 0 Å². The molecular formula is C27H26N2O. The van der Waals surface area contributed by atoms with Crippen LogP contribution in [0.3, 0.4) is 0 Å². The lowest BCUT2D eigenvalue weighted by Crippen LogP contribution is -2.20. The molecule has 4 rings (SSSR count). The van der Waals surface area contributed by atoms with Crippen LogP contribution in [0.2, 0.25) is 0 Å². The first-order chi connectivity index (χ1) is 14.8. The molecule has 1 unspecified atom stereocenters. The predicted molar refractivity (Wildman–Crippen MR) is 126 cm³/mol. The van der Waals surface area contributed by atoms with Gasteiger partial charge in [0.1, 0.15) is 5.75 Å². The molecule has 0 saturated heterocycles. The summed E-state index contributed by atoms with van der Waals surface area (Å²) >= 11 is 0. The van der Waals surface area contributed by atoms with Gasteiger partial charge in [-0.05, 0) is 53.1 Å². The Bertz CT molecular complexity index is 1030. The Kier molecular flexibility index (Phi) is 6.31. The molecule has 4 aromatic rings. The van der Waals surface area contributed by atoms with Gasteiger partial charge in [-0.25, -0.2) is 0 Å². The van der Waals surface area contributed by atoms with Crippen molar-refractivity contribution in [2.24, 2.45) is 0 Å². The first-order valence-corrected chi connectivity index (χ1v) is 10.2. The van der Waals surface area contributed by atoms with Gasteiger partial charge in [0.15, 0.2) is 0 Å². The monoisotopic (exact) mass is 394 g/mol. The number of methoxy groups -OCH3 is 1. The molecule has 0 bridgehead atoms. The van der Waals surface area contributed by atoms with Crippen LogP contribution in [-0.4, -0.2) is 13.7 Å². The summed E-state index contributed by atoms with van der Waals surface area (Å²) < 4.78 is 5.28. The Morgan fingerprint density at radius 2 is 1.23 bits per heavy atom. The van der Waals surface area contributed by atoms with Gasteiger partial charge in [0, 0.05) is 17.9 Å². The van der Waals surface area contributed by atoms with Gasteiger partial charge in [0.05, 0.1) is 13.2 Å². The van der Waals surface area contributed by atoms with E-state index in [1.807, 2.05) is 48.5 Å². The third-order valence-electron chi connectivity index (χ3n) is 5.14. The average molecular weight is 395 g/mol. The summed E-state index contributed by atoms with van der Waals surface area (Å²) in [5, 5.41) is 7.20. The molecule has 0 saturated carbocycles. The smallest absolute Gasteiger partial charge is 0.119 e. The van der Waals surface area contributed by atoms with Gasteiger partial charge < -0.3 is 15.4 Å². The number of hydrogen-bond donors (Lipinski definition) is 2. The Hall–Kier alpha value is -3.72. The van der Waals surface area contributed by atoms with E-state index in [-0.39, 0.29) is 6.04 Å².